The van der Waals surface area contributed by atoms with Gasteiger partial charge in [-0.2, -0.15) is 0 Å². The van der Waals surface area contributed by atoms with Crippen LogP contribution in [0.1, 0.15) is 23.1 Å². The number of halogens is 1. The minimum absolute atomic E-state index is 0.151. The average Bonchev–Trinajstić information content (AvgIpc) is 3.28. The van der Waals surface area contributed by atoms with Crippen molar-refractivity contribution in [3.05, 3.63) is 88.3 Å². The second-order valence-electron chi connectivity index (χ2n) is 7.17. The molecule has 8 nitrogen and oxygen atoms in total. The predicted molar refractivity (Wildman–Crippen MR) is 117 cm³/mol. The topological polar surface area (TPSA) is 131 Å². The standard InChI is InChI=1S/C22H17ClN2O6S/c1-12-5-10-17(31-12)19-18(20(26)13-3-2-4-14(23)11-13)21(27)22(28)25(19)15-6-8-16(9-7-15)32(24,29)30/h2-11,19,26H,1H3,(H2,24,29,30)/b20-18-. The lowest BCUT2D eigenvalue weighted by atomic mass is 9.99. The molecular formula is C22H17ClN2O6S. The average molecular weight is 473 g/mol. The van der Waals surface area contributed by atoms with Gasteiger partial charge in [0.2, 0.25) is 10.0 Å². The number of hydrogen-bond acceptors (Lipinski definition) is 6. The molecular weight excluding hydrogens is 456 g/mol. The van der Waals surface area contributed by atoms with Crippen LogP contribution < -0.4 is 10.0 Å². The number of sulfonamides is 1. The van der Waals surface area contributed by atoms with Crippen LogP contribution in [0.15, 0.2) is 75.5 Å². The third kappa shape index (κ3) is 3.81. The summed E-state index contributed by atoms with van der Waals surface area (Å²) in [5.74, 6) is -1.44. The number of Topliss-reactive ketones (excluding diaryl/α,β-unsaturated/α-hetero) is 1. The summed E-state index contributed by atoms with van der Waals surface area (Å²) in [6.07, 6.45) is 0. The van der Waals surface area contributed by atoms with E-state index in [9.17, 15) is 23.1 Å². The van der Waals surface area contributed by atoms with E-state index in [0.717, 1.165) is 4.90 Å². The van der Waals surface area contributed by atoms with E-state index in [1.54, 1.807) is 37.3 Å². The largest absolute Gasteiger partial charge is 0.507 e. The maximum absolute atomic E-state index is 13.0. The molecule has 0 aliphatic carbocycles. The lowest BCUT2D eigenvalue weighted by molar-refractivity contribution is -0.132. The lowest BCUT2D eigenvalue weighted by Crippen LogP contribution is -2.29. The van der Waals surface area contributed by atoms with Gasteiger partial charge >= 0.3 is 0 Å². The summed E-state index contributed by atoms with van der Waals surface area (Å²) in [7, 11) is -3.94. The number of aryl methyl sites for hydroxylation is 1. The third-order valence-electron chi connectivity index (χ3n) is 5.02. The Kier molecular flexibility index (Phi) is 5.41. The first-order valence-corrected chi connectivity index (χ1v) is 11.3. The summed E-state index contributed by atoms with van der Waals surface area (Å²) >= 11 is 6.02. The molecule has 2 aromatic carbocycles. The molecule has 1 aliphatic heterocycles. The monoisotopic (exact) mass is 472 g/mol. The molecule has 164 valence electrons. The molecule has 1 aromatic heterocycles. The second kappa shape index (κ2) is 7.94. The highest BCUT2D eigenvalue weighted by Gasteiger charge is 2.48. The molecule has 4 rings (SSSR count). The van der Waals surface area contributed by atoms with E-state index in [-0.39, 0.29) is 27.5 Å². The van der Waals surface area contributed by atoms with E-state index in [4.69, 9.17) is 21.2 Å². The molecule has 0 radical (unpaired) electrons. The van der Waals surface area contributed by atoms with Crippen LogP contribution in [0.2, 0.25) is 5.02 Å². The first kappa shape index (κ1) is 21.8. The highest BCUT2D eigenvalue weighted by atomic mass is 35.5. The molecule has 1 amide bonds. The number of ketones is 1. The quantitative estimate of drug-likeness (QED) is 0.339. The number of aliphatic hydroxyl groups is 1. The molecule has 0 saturated carbocycles. The van der Waals surface area contributed by atoms with E-state index in [1.165, 1.54) is 30.3 Å². The molecule has 1 unspecified atom stereocenters. The van der Waals surface area contributed by atoms with Crippen LogP contribution in [-0.4, -0.2) is 25.2 Å². The lowest BCUT2D eigenvalue weighted by Gasteiger charge is -2.23. The number of furan rings is 1. The molecule has 0 bridgehead atoms. The molecule has 1 aliphatic rings. The Morgan fingerprint density at radius 1 is 1.09 bits per heavy atom. The number of nitrogens with two attached hydrogens (primary N) is 1. The smallest absolute Gasteiger partial charge is 0.300 e. The normalized spacial score (nSPS) is 18.3. The van der Waals surface area contributed by atoms with E-state index in [2.05, 4.69) is 0 Å². The molecule has 1 saturated heterocycles. The van der Waals surface area contributed by atoms with Crippen LogP contribution in [0, 0.1) is 6.92 Å². The van der Waals surface area contributed by atoms with Gasteiger partial charge in [0.15, 0.2) is 0 Å². The number of aliphatic hydroxyl groups excluding tert-OH is 1. The van der Waals surface area contributed by atoms with E-state index >= 15 is 0 Å². The molecule has 0 spiro atoms. The van der Waals surface area contributed by atoms with Crippen LogP contribution in [0.5, 0.6) is 0 Å². The van der Waals surface area contributed by atoms with Gasteiger partial charge in [-0.25, -0.2) is 13.6 Å². The number of benzene rings is 2. The fourth-order valence-electron chi connectivity index (χ4n) is 3.56. The first-order valence-electron chi connectivity index (χ1n) is 9.34. The second-order valence-corrected chi connectivity index (χ2v) is 9.16. The molecule has 32 heavy (non-hydrogen) atoms. The first-order chi connectivity index (χ1) is 15.1. The maximum Gasteiger partial charge on any atom is 0.300 e. The van der Waals surface area contributed by atoms with Gasteiger partial charge in [-0.1, -0.05) is 23.7 Å². The van der Waals surface area contributed by atoms with Gasteiger partial charge in [0, 0.05) is 16.3 Å². The summed E-state index contributed by atoms with van der Waals surface area (Å²) in [5.41, 5.74) is 0.305. The van der Waals surface area contributed by atoms with Crippen molar-refractivity contribution in [3.63, 3.8) is 0 Å². The van der Waals surface area contributed by atoms with Crippen LogP contribution in [0.3, 0.4) is 0 Å². The number of anilines is 1. The van der Waals surface area contributed by atoms with Gasteiger partial charge in [0.1, 0.15) is 23.3 Å². The van der Waals surface area contributed by atoms with Gasteiger partial charge in [0.25, 0.3) is 11.7 Å². The number of nitrogens with zero attached hydrogens (tertiary/aromatic N) is 1. The molecule has 3 N–H and O–H groups in total. The van der Waals surface area contributed by atoms with Crippen molar-refractivity contribution in [1.29, 1.82) is 0 Å². The highest BCUT2D eigenvalue weighted by molar-refractivity contribution is 7.89. The van der Waals surface area contributed by atoms with Crippen LogP contribution in [-0.2, 0) is 19.6 Å². The number of primary sulfonamides is 1. The van der Waals surface area contributed by atoms with E-state index in [1.807, 2.05) is 0 Å². The van der Waals surface area contributed by atoms with Crippen LogP contribution in [0.25, 0.3) is 5.76 Å². The predicted octanol–water partition coefficient (Wildman–Crippen LogP) is 3.52. The third-order valence-corrected chi connectivity index (χ3v) is 6.18. The SMILES string of the molecule is Cc1ccc(C2/C(=C(/O)c3cccc(Cl)c3)C(=O)C(=O)N2c2ccc(S(N)(=O)=O)cc2)o1. The summed E-state index contributed by atoms with van der Waals surface area (Å²) in [6.45, 7) is 1.70. The minimum atomic E-state index is -3.94. The molecule has 1 fully saturated rings. The fraction of sp³-hybridized carbons (Fsp3) is 0.0909. The Hall–Kier alpha value is -3.40. The van der Waals surface area contributed by atoms with Crippen LogP contribution in [0.4, 0.5) is 5.69 Å². The van der Waals surface area contributed by atoms with Crippen molar-refractivity contribution in [2.75, 3.05) is 4.90 Å². The highest BCUT2D eigenvalue weighted by Crippen LogP contribution is 2.42. The molecule has 1 atom stereocenters. The Labute approximate surface area is 188 Å². The molecule has 10 heteroatoms. The van der Waals surface area contributed by atoms with Crippen molar-refractivity contribution in [2.24, 2.45) is 5.14 Å². The van der Waals surface area contributed by atoms with Gasteiger partial charge in [-0.3, -0.25) is 14.5 Å². The molecule has 2 heterocycles. The van der Waals surface area contributed by atoms with E-state index < -0.39 is 33.5 Å². The summed E-state index contributed by atoms with van der Waals surface area (Å²) < 4.78 is 28.8. The van der Waals surface area contributed by atoms with Gasteiger partial charge in [0.05, 0.1) is 10.5 Å². The van der Waals surface area contributed by atoms with Crippen LogP contribution >= 0.6 is 11.6 Å². The zero-order valence-corrected chi connectivity index (χ0v) is 18.2. The van der Waals surface area contributed by atoms with E-state index in [0.29, 0.717) is 10.8 Å². The Balaban J connectivity index is 1.91. The van der Waals surface area contributed by atoms with Gasteiger partial charge in [-0.15, -0.1) is 0 Å². The van der Waals surface area contributed by atoms with Gasteiger partial charge < -0.3 is 9.52 Å². The Morgan fingerprint density at radius 2 is 1.78 bits per heavy atom. The van der Waals surface area contributed by atoms with Gasteiger partial charge in [-0.05, 0) is 55.5 Å². The van der Waals surface area contributed by atoms with Crippen molar-refractivity contribution < 1.29 is 27.5 Å². The number of carbonyl (C=O) groups excluding carboxylic acids is 2. The summed E-state index contributed by atoms with van der Waals surface area (Å²) in [5, 5.41) is 16.5. The Morgan fingerprint density at radius 3 is 2.34 bits per heavy atom. The van der Waals surface area contributed by atoms with Crippen molar-refractivity contribution in [3.8, 4) is 0 Å². The number of hydrogen-bond donors (Lipinski definition) is 2. The van der Waals surface area contributed by atoms with Crippen molar-refractivity contribution >= 4 is 44.8 Å². The number of amides is 1. The van der Waals surface area contributed by atoms with Crippen molar-refractivity contribution in [2.45, 2.75) is 17.9 Å². The Bertz CT molecular complexity index is 1380. The fourth-order valence-corrected chi connectivity index (χ4v) is 4.26. The maximum atomic E-state index is 13.0. The molecule has 3 aromatic rings. The zero-order chi connectivity index (χ0) is 23.2. The zero-order valence-electron chi connectivity index (χ0n) is 16.7. The summed E-state index contributed by atoms with van der Waals surface area (Å²) in [4.78, 5) is 27.0. The van der Waals surface area contributed by atoms with Crippen molar-refractivity contribution in [1.82, 2.24) is 0 Å². The minimum Gasteiger partial charge on any atom is -0.507 e. The summed E-state index contributed by atoms with van der Waals surface area (Å²) in [6, 6.07) is 13.6. The number of rotatable bonds is 4. The number of carbonyl (C=O) groups is 2.